The summed E-state index contributed by atoms with van der Waals surface area (Å²) in [6, 6.07) is 0. The molecular weight excluding hydrogens is 224 g/mol. The highest BCUT2D eigenvalue weighted by atomic mass is 32.2. The average molecular weight is 248 g/mol. The number of primary sulfonamides is 1. The van der Waals surface area contributed by atoms with E-state index in [9.17, 15) is 8.42 Å². The summed E-state index contributed by atoms with van der Waals surface area (Å²) >= 11 is 0. The number of nitrogens with zero attached hydrogens (tertiary/aromatic N) is 1. The maximum absolute atomic E-state index is 10.8. The summed E-state index contributed by atoms with van der Waals surface area (Å²) in [5.74, 6) is 0.825. The van der Waals surface area contributed by atoms with E-state index in [1.165, 1.54) is 6.42 Å². The van der Waals surface area contributed by atoms with Gasteiger partial charge < -0.3 is 4.90 Å². The number of likely N-dealkylation sites (tertiary alicyclic amines) is 1. The predicted molar refractivity (Wildman–Crippen MR) is 66.6 cm³/mol. The Hall–Kier alpha value is -0.130. The van der Waals surface area contributed by atoms with Gasteiger partial charge in [0.1, 0.15) is 0 Å². The second-order valence-electron chi connectivity index (χ2n) is 5.87. The molecular formula is C11H24N2O2S. The maximum atomic E-state index is 10.8. The molecule has 0 aromatic rings. The third-order valence-electron chi connectivity index (χ3n) is 3.40. The lowest BCUT2D eigenvalue weighted by Gasteiger charge is -2.27. The molecule has 4 nitrogen and oxygen atoms in total. The van der Waals surface area contributed by atoms with E-state index in [0.717, 1.165) is 25.6 Å². The van der Waals surface area contributed by atoms with Crippen molar-refractivity contribution in [1.82, 2.24) is 4.90 Å². The van der Waals surface area contributed by atoms with Crippen molar-refractivity contribution in [3.63, 3.8) is 0 Å². The number of rotatable bonds is 4. The van der Waals surface area contributed by atoms with E-state index >= 15 is 0 Å². The van der Waals surface area contributed by atoms with Crippen molar-refractivity contribution < 1.29 is 8.42 Å². The van der Waals surface area contributed by atoms with Crippen molar-refractivity contribution >= 4 is 10.0 Å². The quantitative estimate of drug-likeness (QED) is 0.808. The molecule has 0 bridgehead atoms. The smallest absolute Gasteiger partial charge is 0.209 e. The summed E-state index contributed by atoms with van der Waals surface area (Å²) in [5, 5.41) is 4.97. The van der Waals surface area contributed by atoms with Gasteiger partial charge in [-0.25, -0.2) is 13.6 Å². The molecule has 5 heteroatoms. The van der Waals surface area contributed by atoms with Gasteiger partial charge in [0.05, 0.1) is 5.75 Å². The third-order valence-corrected chi connectivity index (χ3v) is 4.26. The summed E-state index contributed by atoms with van der Waals surface area (Å²) in [4.78, 5) is 2.35. The van der Waals surface area contributed by atoms with Crippen LogP contribution in [-0.2, 0) is 10.0 Å². The molecule has 1 rings (SSSR count). The molecule has 1 aliphatic rings. The second-order valence-corrected chi connectivity index (χ2v) is 7.61. The van der Waals surface area contributed by atoms with Crippen LogP contribution in [0.1, 0.15) is 33.6 Å². The van der Waals surface area contributed by atoms with Crippen LogP contribution in [0.15, 0.2) is 0 Å². The van der Waals surface area contributed by atoms with Gasteiger partial charge in [0, 0.05) is 6.54 Å². The fraction of sp³-hybridized carbons (Fsp3) is 1.00. The van der Waals surface area contributed by atoms with Crippen LogP contribution in [0.25, 0.3) is 0 Å². The van der Waals surface area contributed by atoms with E-state index in [1.807, 2.05) is 0 Å². The van der Waals surface area contributed by atoms with Gasteiger partial charge in [-0.2, -0.15) is 0 Å². The van der Waals surface area contributed by atoms with Crippen LogP contribution in [-0.4, -0.2) is 38.7 Å². The lowest BCUT2D eigenvalue weighted by molar-refractivity contribution is 0.229. The highest BCUT2D eigenvalue weighted by Crippen LogP contribution is 2.33. The minimum absolute atomic E-state index is 0.101. The molecule has 0 aliphatic carbocycles. The second kappa shape index (κ2) is 5.02. The zero-order chi connectivity index (χ0) is 12.4. The van der Waals surface area contributed by atoms with Crippen LogP contribution >= 0.6 is 0 Å². The van der Waals surface area contributed by atoms with Crippen LogP contribution in [0.5, 0.6) is 0 Å². The van der Waals surface area contributed by atoms with Crippen molar-refractivity contribution in [3.05, 3.63) is 0 Å². The Morgan fingerprint density at radius 2 is 2.00 bits per heavy atom. The number of sulfonamides is 1. The zero-order valence-corrected chi connectivity index (χ0v) is 11.4. The molecule has 0 spiro atoms. The van der Waals surface area contributed by atoms with Gasteiger partial charge in [-0.1, -0.05) is 20.8 Å². The topological polar surface area (TPSA) is 63.4 Å². The Labute approximate surface area is 99.2 Å². The fourth-order valence-corrected chi connectivity index (χ4v) is 2.76. The van der Waals surface area contributed by atoms with Gasteiger partial charge >= 0.3 is 0 Å². The van der Waals surface area contributed by atoms with Crippen LogP contribution < -0.4 is 5.14 Å². The summed E-state index contributed by atoms with van der Waals surface area (Å²) in [7, 11) is -3.28. The van der Waals surface area contributed by atoms with Crippen molar-refractivity contribution in [2.45, 2.75) is 33.6 Å². The first-order chi connectivity index (χ1) is 7.18. The molecule has 1 aliphatic heterocycles. The van der Waals surface area contributed by atoms with E-state index in [0.29, 0.717) is 11.8 Å². The largest absolute Gasteiger partial charge is 0.303 e. The van der Waals surface area contributed by atoms with Crippen LogP contribution in [0.4, 0.5) is 0 Å². The molecule has 1 unspecified atom stereocenters. The van der Waals surface area contributed by atoms with Gasteiger partial charge in [-0.05, 0) is 37.3 Å². The van der Waals surface area contributed by atoms with Gasteiger partial charge in [0.2, 0.25) is 10.0 Å². The molecule has 0 aromatic heterocycles. The summed E-state index contributed by atoms with van der Waals surface area (Å²) < 4.78 is 21.6. The number of nitrogens with two attached hydrogens (primary N) is 1. The van der Waals surface area contributed by atoms with Crippen molar-refractivity contribution in [1.29, 1.82) is 0 Å². The molecule has 96 valence electrons. The van der Waals surface area contributed by atoms with E-state index in [2.05, 4.69) is 25.7 Å². The Bertz CT molecular complexity index is 319. The van der Waals surface area contributed by atoms with Gasteiger partial charge in [-0.3, -0.25) is 0 Å². The standard InChI is InChI=1S/C11H24N2O2S/c1-11(2,3)10-5-7-13(9-10)6-4-8-16(12,14)15/h10H,4-9H2,1-3H3,(H2,12,14,15). The normalized spacial score (nSPS) is 23.9. The van der Waals surface area contributed by atoms with E-state index < -0.39 is 10.0 Å². The first kappa shape index (κ1) is 13.9. The highest BCUT2D eigenvalue weighted by molar-refractivity contribution is 7.89. The predicted octanol–water partition coefficient (Wildman–Crippen LogP) is 1.03. The molecule has 0 radical (unpaired) electrons. The summed E-state index contributed by atoms with van der Waals surface area (Å²) in [5.41, 5.74) is 0.356. The van der Waals surface area contributed by atoms with E-state index in [4.69, 9.17) is 5.14 Å². The van der Waals surface area contributed by atoms with Gasteiger partial charge in [-0.15, -0.1) is 0 Å². The van der Waals surface area contributed by atoms with Crippen LogP contribution in [0.2, 0.25) is 0 Å². The van der Waals surface area contributed by atoms with Crippen LogP contribution in [0, 0.1) is 11.3 Å². The molecule has 1 saturated heterocycles. The Kier molecular flexibility index (Phi) is 4.37. The van der Waals surface area contributed by atoms with Crippen molar-refractivity contribution in [3.8, 4) is 0 Å². The molecule has 16 heavy (non-hydrogen) atoms. The minimum Gasteiger partial charge on any atom is -0.303 e. The zero-order valence-electron chi connectivity index (χ0n) is 10.6. The first-order valence-electron chi connectivity index (χ1n) is 5.91. The lowest BCUT2D eigenvalue weighted by Crippen LogP contribution is -2.28. The SMILES string of the molecule is CC(C)(C)C1CCN(CCCS(N)(=O)=O)C1. The summed E-state index contributed by atoms with van der Waals surface area (Å²) in [6.45, 7) is 9.84. The van der Waals surface area contributed by atoms with Crippen LogP contribution in [0.3, 0.4) is 0 Å². The van der Waals surface area contributed by atoms with Crippen molar-refractivity contribution in [2.75, 3.05) is 25.4 Å². The third kappa shape index (κ3) is 4.80. The number of hydrogen-bond acceptors (Lipinski definition) is 3. The van der Waals surface area contributed by atoms with Crippen molar-refractivity contribution in [2.24, 2.45) is 16.5 Å². The van der Waals surface area contributed by atoms with Gasteiger partial charge in [0.15, 0.2) is 0 Å². The van der Waals surface area contributed by atoms with E-state index in [-0.39, 0.29) is 5.75 Å². The summed E-state index contributed by atoms with van der Waals surface area (Å²) in [6.07, 6.45) is 1.87. The molecule has 1 fully saturated rings. The fourth-order valence-electron chi connectivity index (χ4n) is 2.23. The van der Waals surface area contributed by atoms with Gasteiger partial charge in [0.25, 0.3) is 0 Å². The average Bonchev–Trinajstić information content (AvgIpc) is 2.49. The molecule has 2 N–H and O–H groups in total. The molecule has 1 atom stereocenters. The lowest BCUT2D eigenvalue weighted by atomic mass is 9.80. The monoisotopic (exact) mass is 248 g/mol. The Balaban J connectivity index is 2.27. The molecule has 0 saturated carbocycles. The molecule has 0 aromatic carbocycles. The first-order valence-corrected chi connectivity index (χ1v) is 7.63. The van der Waals surface area contributed by atoms with E-state index in [1.54, 1.807) is 0 Å². The molecule has 0 amide bonds. The Morgan fingerprint density at radius 3 is 2.44 bits per heavy atom. The Morgan fingerprint density at radius 1 is 1.38 bits per heavy atom. The minimum atomic E-state index is -3.28. The highest BCUT2D eigenvalue weighted by Gasteiger charge is 2.31. The number of hydrogen-bond donors (Lipinski definition) is 1. The molecule has 1 heterocycles. The maximum Gasteiger partial charge on any atom is 0.209 e.